The summed E-state index contributed by atoms with van der Waals surface area (Å²) in [6.07, 6.45) is 3.22. The van der Waals surface area contributed by atoms with Crippen LogP contribution in [0.3, 0.4) is 0 Å². The fraction of sp³-hybridized carbons (Fsp3) is 0.250. The summed E-state index contributed by atoms with van der Waals surface area (Å²) in [5, 5.41) is 11.0. The first-order chi connectivity index (χ1) is 6.11. The van der Waals surface area contributed by atoms with Crippen LogP contribution in [0.1, 0.15) is 6.92 Å². The van der Waals surface area contributed by atoms with E-state index >= 15 is 0 Å². The number of hydrogen-bond acceptors (Lipinski definition) is 2. The Morgan fingerprint density at radius 1 is 1.62 bits per heavy atom. The number of carboxylic acids is 1. The molecule has 1 rings (SSSR count). The normalized spacial score (nSPS) is 12.1. The first kappa shape index (κ1) is 9.31. The van der Waals surface area contributed by atoms with Crippen LogP contribution in [0.25, 0.3) is 0 Å². The molecule has 0 aliphatic carbocycles. The lowest BCUT2D eigenvalue weighted by atomic mass is 10.2. The van der Waals surface area contributed by atoms with Gasteiger partial charge in [-0.2, -0.15) is 0 Å². The van der Waals surface area contributed by atoms with Gasteiger partial charge in [-0.15, -0.1) is 0 Å². The van der Waals surface area contributed by atoms with E-state index in [0.717, 1.165) is 0 Å². The maximum Gasteiger partial charge on any atom is 0.315 e. The Morgan fingerprint density at radius 2 is 2.31 bits per heavy atom. The molecule has 0 radical (unpaired) electrons. The second kappa shape index (κ2) is 3.75. The quantitative estimate of drug-likeness (QED) is 0.601. The predicted octanol–water partition coefficient (Wildman–Crippen LogP) is 0.674. The number of amides is 1. The van der Waals surface area contributed by atoms with Crippen LogP contribution < -0.4 is 5.32 Å². The number of aliphatic carboxylic acids is 1. The van der Waals surface area contributed by atoms with E-state index in [1.807, 2.05) is 0 Å². The minimum Gasteiger partial charge on any atom is -0.481 e. The molecule has 0 fully saturated rings. The molecule has 1 aromatic rings. The molecule has 0 spiro atoms. The van der Waals surface area contributed by atoms with Crippen LogP contribution in [-0.2, 0) is 9.59 Å². The highest BCUT2D eigenvalue weighted by Crippen LogP contribution is 2.06. The van der Waals surface area contributed by atoms with Crippen LogP contribution in [0, 0.1) is 5.92 Å². The fourth-order valence-electron chi connectivity index (χ4n) is 0.764. The zero-order chi connectivity index (χ0) is 9.84. The molecule has 5 heteroatoms. The number of carbonyl (C=O) groups is 2. The number of aromatic amines is 1. The molecule has 1 unspecified atom stereocenters. The average molecular weight is 182 g/mol. The fourth-order valence-corrected chi connectivity index (χ4v) is 0.764. The second-order valence-corrected chi connectivity index (χ2v) is 2.65. The first-order valence-corrected chi connectivity index (χ1v) is 3.77. The van der Waals surface area contributed by atoms with Crippen molar-refractivity contribution in [2.75, 3.05) is 5.32 Å². The second-order valence-electron chi connectivity index (χ2n) is 2.65. The Morgan fingerprint density at radius 3 is 2.77 bits per heavy atom. The first-order valence-electron chi connectivity index (χ1n) is 3.77. The number of aromatic nitrogens is 1. The van der Waals surface area contributed by atoms with E-state index in [4.69, 9.17) is 5.11 Å². The van der Waals surface area contributed by atoms with Gasteiger partial charge in [0.25, 0.3) is 0 Å². The summed E-state index contributed by atoms with van der Waals surface area (Å²) in [7, 11) is 0. The molecule has 1 amide bonds. The van der Waals surface area contributed by atoms with Crippen LogP contribution >= 0.6 is 0 Å². The Hall–Kier alpha value is -1.78. The average Bonchev–Trinajstić information content (AvgIpc) is 2.55. The standard InChI is InChI=1S/C8H10N2O3/c1-5(8(12)13)7(11)10-6-2-3-9-4-6/h2-5,9H,1H3,(H,10,11)(H,12,13). The van der Waals surface area contributed by atoms with Crippen LogP contribution in [0.5, 0.6) is 0 Å². The summed E-state index contributed by atoms with van der Waals surface area (Å²) in [4.78, 5) is 24.3. The topological polar surface area (TPSA) is 82.2 Å². The molecule has 5 nitrogen and oxygen atoms in total. The number of nitrogens with one attached hydrogen (secondary N) is 2. The van der Waals surface area contributed by atoms with Gasteiger partial charge in [0, 0.05) is 12.4 Å². The SMILES string of the molecule is CC(C(=O)O)C(=O)Nc1cc[nH]c1. The van der Waals surface area contributed by atoms with Crippen molar-refractivity contribution in [3.8, 4) is 0 Å². The summed E-state index contributed by atoms with van der Waals surface area (Å²) in [5.41, 5.74) is 0.568. The summed E-state index contributed by atoms with van der Waals surface area (Å²) in [6, 6.07) is 1.65. The van der Waals surface area contributed by atoms with Crippen molar-refractivity contribution < 1.29 is 14.7 Å². The number of carboxylic acid groups (broad SMARTS) is 1. The molecule has 0 saturated carbocycles. The van der Waals surface area contributed by atoms with Crippen molar-refractivity contribution in [3.63, 3.8) is 0 Å². The Kier molecular flexibility index (Phi) is 2.69. The lowest BCUT2D eigenvalue weighted by Crippen LogP contribution is -2.26. The number of carbonyl (C=O) groups excluding carboxylic acids is 1. The molecule has 1 atom stereocenters. The van der Waals surface area contributed by atoms with Gasteiger partial charge in [0.05, 0.1) is 5.69 Å². The van der Waals surface area contributed by atoms with E-state index in [0.29, 0.717) is 5.69 Å². The molecular formula is C8H10N2O3. The molecule has 13 heavy (non-hydrogen) atoms. The summed E-state index contributed by atoms with van der Waals surface area (Å²) < 4.78 is 0. The van der Waals surface area contributed by atoms with Crippen LogP contribution in [0.15, 0.2) is 18.5 Å². The molecule has 1 heterocycles. The largest absolute Gasteiger partial charge is 0.481 e. The third kappa shape index (κ3) is 2.33. The van der Waals surface area contributed by atoms with E-state index in [9.17, 15) is 9.59 Å². The molecule has 3 N–H and O–H groups in total. The van der Waals surface area contributed by atoms with Crippen molar-refractivity contribution in [2.45, 2.75) is 6.92 Å². The van der Waals surface area contributed by atoms with Gasteiger partial charge in [0.15, 0.2) is 0 Å². The van der Waals surface area contributed by atoms with Gasteiger partial charge in [-0.05, 0) is 13.0 Å². The highest BCUT2D eigenvalue weighted by atomic mass is 16.4. The van der Waals surface area contributed by atoms with Crippen molar-refractivity contribution in [1.29, 1.82) is 0 Å². The van der Waals surface area contributed by atoms with Crippen molar-refractivity contribution in [2.24, 2.45) is 5.92 Å². The number of hydrogen-bond donors (Lipinski definition) is 3. The van der Waals surface area contributed by atoms with Crippen LogP contribution in [-0.4, -0.2) is 22.0 Å². The Bertz CT molecular complexity index is 305. The van der Waals surface area contributed by atoms with Crippen molar-refractivity contribution >= 4 is 17.6 Å². The molecule has 0 saturated heterocycles. The molecular weight excluding hydrogens is 172 g/mol. The molecule has 70 valence electrons. The van der Waals surface area contributed by atoms with Gasteiger partial charge in [0.1, 0.15) is 5.92 Å². The number of anilines is 1. The maximum absolute atomic E-state index is 11.1. The van der Waals surface area contributed by atoms with E-state index < -0.39 is 17.8 Å². The molecule has 0 aliphatic heterocycles. The number of H-pyrrole nitrogens is 1. The highest BCUT2D eigenvalue weighted by Gasteiger charge is 2.20. The zero-order valence-electron chi connectivity index (χ0n) is 7.07. The smallest absolute Gasteiger partial charge is 0.315 e. The highest BCUT2D eigenvalue weighted by molar-refractivity contribution is 6.03. The van der Waals surface area contributed by atoms with Gasteiger partial charge >= 0.3 is 5.97 Å². The monoisotopic (exact) mass is 182 g/mol. The zero-order valence-corrected chi connectivity index (χ0v) is 7.07. The van der Waals surface area contributed by atoms with E-state index in [1.165, 1.54) is 6.92 Å². The van der Waals surface area contributed by atoms with Gasteiger partial charge in [0.2, 0.25) is 5.91 Å². The van der Waals surface area contributed by atoms with Gasteiger partial charge < -0.3 is 15.4 Å². The number of rotatable bonds is 3. The Balaban J connectivity index is 2.56. The summed E-state index contributed by atoms with van der Waals surface area (Å²) in [6.45, 7) is 1.34. The molecule has 0 aromatic carbocycles. The molecule has 0 bridgehead atoms. The lowest BCUT2D eigenvalue weighted by molar-refractivity contribution is -0.144. The van der Waals surface area contributed by atoms with E-state index in [1.54, 1.807) is 18.5 Å². The van der Waals surface area contributed by atoms with E-state index in [-0.39, 0.29) is 0 Å². The van der Waals surface area contributed by atoms with Gasteiger partial charge in [-0.3, -0.25) is 9.59 Å². The maximum atomic E-state index is 11.1. The lowest BCUT2D eigenvalue weighted by Gasteiger charge is -2.05. The van der Waals surface area contributed by atoms with Gasteiger partial charge in [-0.1, -0.05) is 0 Å². The van der Waals surface area contributed by atoms with Gasteiger partial charge in [-0.25, -0.2) is 0 Å². The molecule has 1 aromatic heterocycles. The van der Waals surface area contributed by atoms with Crippen molar-refractivity contribution in [3.05, 3.63) is 18.5 Å². The Labute approximate surface area is 74.8 Å². The third-order valence-electron chi connectivity index (χ3n) is 1.63. The minimum atomic E-state index is -1.13. The minimum absolute atomic E-state index is 0.521. The summed E-state index contributed by atoms with van der Waals surface area (Å²) >= 11 is 0. The van der Waals surface area contributed by atoms with Crippen molar-refractivity contribution in [1.82, 2.24) is 4.98 Å². The summed E-state index contributed by atoms with van der Waals surface area (Å²) in [5.74, 6) is -2.69. The van der Waals surface area contributed by atoms with E-state index in [2.05, 4.69) is 10.3 Å². The predicted molar refractivity (Wildman–Crippen MR) is 46.2 cm³/mol. The third-order valence-corrected chi connectivity index (χ3v) is 1.63. The molecule has 0 aliphatic rings. The van der Waals surface area contributed by atoms with Crippen LogP contribution in [0.4, 0.5) is 5.69 Å². The van der Waals surface area contributed by atoms with Crippen LogP contribution in [0.2, 0.25) is 0 Å².